The summed E-state index contributed by atoms with van der Waals surface area (Å²) in [6.07, 6.45) is 9.59. The lowest BCUT2D eigenvalue weighted by Crippen LogP contribution is -2.80. The van der Waals surface area contributed by atoms with Crippen LogP contribution in [0.15, 0.2) is 5.16 Å². The minimum Gasteiger partial charge on any atom is -0.411 e. The Bertz CT molecular complexity index is 784. The third kappa shape index (κ3) is 3.17. The molecule has 4 saturated carbocycles. The molecule has 0 aromatic heterocycles. The predicted molar refractivity (Wildman–Crippen MR) is 129 cm³/mol. The van der Waals surface area contributed by atoms with Gasteiger partial charge in [-0.25, -0.2) is 0 Å². The quantitative estimate of drug-likeness (QED) is 0.378. The second-order valence-electron chi connectivity index (χ2n) is 13.3. The summed E-state index contributed by atoms with van der Waals surface area (Å²) in [5.74, 6) is 3.50. The minimum atomic E-state index is -1.25. The fraction of sp³-hybridized carbons (Fsp3) is 0.964. The normalized spacial score (nSPS) is 53.1. The third-order valence-electron chi connectivity index (χ3n) is 11.6. The topological polar surface area (TPSA) is 82.3 Å². The number of rotatable bonds is 5. The molecule has 4 aliphatic carbocycles. The SMILES string of the molecule is CC(C)CCC[C@@H](C)[C@H]1CC[C@H]2[C@@H]3[C@H]4O[C@H](C)[C@@]5(CC[C@H](O)C[C@]5(O)/C4=N/O)[C@H]3CC[C@]12C. The van der Waals surface area contributed by atoms with E-state index >= 15 is 0 Å². The Morgan fingerprint density at radius 3 is 2.52 bits per heavy atom. The highest BCUT2D eigenvalue weighted by Crippen LogP contribution is 2.72. The molecule has 5 heteroatoms. The first-order valence-electron chi connectivity index (χ1n) is 13.9. The smallest absolute Gasteiger partial charge is 0.119 e. The zero-order valence-electron chi connectivity index (χ0n) is 21.5. The Morgan fingerprint density at radius 2 is 1.82 bits per heavy atom. The van der Waals surface area contributed by atoms with E-state index in [0.717, 1.165) is 30.6 Å². The van der Waals surface area contributed by atoms with Crippen molar-refractivity contribution in [2.24, 2.45) is 51.5 Å². The number of fused-ring (bicyclic) bond motifs is 2. The maximum absolute atomic E-state index is 12.1. The van der Waals surface area contributed by atoms with Crippen molar-refractivity contribution in [1.82, 2.24) is 0 Å². The molecule has 3 N–H and O–H groups in total. The van der Waals surface area contributed by atoms with Crippen LogP contribution in [0.25, 0.3) is 0 Å². The van der Waals surface area contributed by atoms with E-state index in [-0.39, 0.29) is 18.6 Å². The summed E-state index contributed by atoms with van der Waals surface area (Å²) >= 11 is 0. The summed E-state index contributed by atoms with van der Waals surface area (Å²) in [7, 11) is 0. The van der Waals surface area contributed by atoms with Crippen LogP contribution in [0.2, 0.25) is 0 Å². The van der Waals surface area contributed by atoms with Crippen LogP contribution in [0, 0.1) is 46.3 Å². The molecular weight excluding hydrogens is 414 g/mol. The van der Waals surface area contributed by atoms with Gasteiger partial charge < -0.3 is 20.2 Å². The standard InChI is InChI=1S/C28H47NO4/c1-16(2)7-6-8-17(3)20-9-10-21-23-22(12-13-26(20,21)5)27-14-11-19(30)15-28(27,31)25(29-32)24(23)33-18(27)4/h16-24,30-32H,6-15H2,1-5H3/b29-25+/t17-,18-,19+,20-,21+,22+,23+,24-,26-,27+,28+/m1/s1. The average molecular weight is 462 g/mol. The van der Waals surface area contributed by atoms with Crippen molar-refractivity contribution < 1.29 is 20.2 Å². The van der Waals surface area contributed by atoms with Crippen molar-refractivity contribution in [3.8, 4) is 0 Å². The van der Waals surface area contributed by atoms with Crippen LogP contribution < -0.4 is 0 Å². The molecule has 2 aliphatic heterocycles. The zero-order chi connectivity index (χ0) is 23.8. The molecular formula is C28H47NO4. The van der Waals surface area contributed by atoms with Crippen molar-refractivity contribution >= 4 is 5.71 Å². The van der Waals surface area contributed by atoms with E-state index in [4.69, 9.17) is 4.74 Å². The van der Waals surface area contributed by atoms with Crippen LogP contribution >= 0.6 is 0 Å². The van der Waals surface area contributed by atoms with Gasteiger partial charge in [0.05, 0.1) is 12.2 Å². The molecule has 0 aromatic rings. The number of ether oxygens (including phenoxy) is 1. The molecule has 1 spiro atoms. The van der Waals surface area contributed by atoms with Crippen molar-refractivity contribution in [2.45, 2.75) is 123 Å². The van der Waals surface area contributed by atoms with Gasteiger partial charge in [0.25, 0.3) is 0 Å². The first-order valence-corrected chi connectivity index (χ1v) is 13.9. The molecule has 5 nitrogen and oxygen atoms in total. The number of aliphatic hydroxyl groups excluding tert-OH is 1. The maximum Gasteiger partial charge on any atom is 0.119 e. The Labute approximate surface area is 200 Å². The molecule has 2 bridgehead atoms. The summed E-state index contributed by atoms with van der Waals surface area (Å²) in [6, 6.07) is 0. The lowest BCUT2D eigenvalue weighted by molar-refractivity contribution is -0.296. The summed E-state index contributed by atoms with van der Waals surface area (Å²) in [4.78, 5) is 0. The number of aliphatic hydroxyl groups is 2. The van der Waals surface area contributed by atoms with Crippen LogP contribution in [-0.2, 0) is 4.74 Å². The Balaban J connectivity index is 1.46. The van der Waals surface area contributed by atoms with Crippen molar-refractivity contribution in [3.63, 3.8) is 0 Å². The molecule has 33 heavy (non-hydrogen) atoms. The lowest BCUT2D eigenvalue weighted by Gasteiger charge is -2.71. The van der Waals surface area contributed by atoms with Crippen molar-refractivity contribution in [2.75, 3.05) is 0 Å². The fourth-order valence-electron chi connectivity index (χ4n) is 10.2. The van der Waals surface area contributed by atoms with Gasteiger partial charge in [-0.2, -0.15) is 0 Å². The molecule has 6 aliphatic rings. The fourth-order valence-corrected chi connectivity index (χ4v) is 10.2. The van der Waals surface area contributed by atoms with Crippen molar-refractivity contribution in [3.05, 3.63) is 0 Å². The lowest BCUT2D eigenvalue weighted by atomic mass is 9.38. The molecule has 6 rings (SSSR count). The van der Waals surface area contributed by atoms with E-state index in [1.165, 1.54) is 38.5 Å². The van der Waals surface area contributed by atoms with Gasteiger partial charge in [-0.3, -0.25) is 0 Å². The molecule has 0 aromatic carbocycles. The first kappa shape index (κ1) is 24.1. The van der Waals surface area contributed by atoms with Gasteiger partial charge in [-0.15, -0.1) is 0 Å². The summed E-state index contributed by atoms with van der Waals surface area (Å²) in [6.45, 7) is 11.8. The van der Waals surface area contributed by atoms with E-state index < -0.39 is 17.1 Å². The van der Waals surface area contributed by atoms with E-state index in [0.29, 0.717) is 35.3 Å². The summed E-state index contributed by atoms with van der Waals surface area (Å²) < 4.78 is 6.63. The molecule has 2 heterocycles. The van der Waals surface area contributed by atoms with Crippen LogP contribution in [0.5, 0.6) is 0 Å². The number of nitrogens with zero attached hydrogens (tertiary/aromatic N) is 1. The van der Waals surface area contributed by atoms with E-state index in [1.54, 1.807) is 0 Å². The maximum atomic E-state index is 12.1. The molecule has 0 amide bonds. The zero-order valence-corrected chi connectivity index (χ0v) is 21.5. The minimum absolute atomic E-state index is 0.0803. The van der Waals surface area contributed by atoms with Gasteiger partial charge in [-0.05, 0) is 86.4 Å². The van der Waals surface area contributed by atoms with Crippen LogP contribution in [0.3, 0.4) is 0 Å². The largest absolute Gasteiger partial charge is 0.411 e. The van der Waals surface area contributed by atoms with Crippen LogP contribution in [0.4, 0.5) is 0 Å². The van der Waals surface area contributed by atoms with Gasteiger partial charge in [-0.1, -0.05) is 52.1 Å². The number of oxime groups is 1. The van der Waals surface area contributed by atoms with Gasteiger partial charge in [0, 0.05) is 11.8 Å². The molecule has 6 fully saturated rings. The van der Waals surface area contributed by atoms with E-state index in [9.17, 15) is 15.4 Å². The van der Waals surface area contributed by atoms with Gasteiger partial charge in [0.1, 0.15) is 17.4 Å². The number of hydrogen-bond donors (Lipinski definition) is 3. The highest BCUT2D eigenvalue weighted by atomic mass is 16.5. The number of hydrogen-bond acceptors (Lipinski definition) is 5. The van der Waals surface area contributed by atoms with Crippen LogP contribution in [-0.4, -0.2) is 45.0 Å². The highest BCUT2D eigenvalue weighted by Gasteiger charge is 2.76. The van der Waals surface area contributed by atoms with Gasteiger partial charge in [0.2, 0.25) is 0 Å². The molecule has 0 unspecified atom stereocenters. The predicted octanol–water partition coefficient (Wildman–Crippen LogP) is 5.40. The first-order chi connectivity index (χ1) is 15.6. The molecule has 11 atom stereocenters. The monoisotopic (exact) mass is 461 g/mol. The molecule has 2 saturated heterocycles. The average Bonchev–Trinajstić information content (AvgIpc) is 3.09. The summed E-state index contributed by atoms with van der Waals surface area (Å²) in [5.41, 5.74) is -0.987. The third-order valence-corrected chi connectivity index (χ3v) is 11.6. The Kier molecular flexibility index (Phi) is 5.98. The van der Waals surface area contributed by atoms with Gasteiger partial charge in [0.15, 0.2) is 0 Å². The Morgan fingerprint density at radius 1 is 1.06 bits per heavy atom. The summed E-state index contributed by atoms with van der Waals surface area (Å²) in [5, 5.41) is 36.4. The van der Waals surface area contributed by atoms with Crippen LogP contribution in [0.1, 0.15) is 98.8 Å². The Hall–Kier alpha value is -0.650. The van der Waals surface area contributed by atoms with Gasteiger partial charge >= 0.3 is 0 Å². The highest BCUT2D eigenvalue weighted by molar-refractivity contribution is 5.99. The molecule has 0 radical (unpaired) electrons. The molecule has 188 valence electrons. The van der Waals surface area contributed by atoms with E-state index in [1.807, 2.05) is 0 Å². The second-order valence-corrected chi connectivity index (χ2v) is 13.3. The second kappa shape index (κ2) is 8.20. The van der Waals surface area contributed by atoms with Crippen molar-refractivity contribution in [1.29, 1.82) is 0 Å². The van der Waals surface area contributed by atoms with E-state index in [2.05, 4.69) is 39.8 Å².